The lowest BCUT2D eigenvalue weighted by Crippen LogP contribution is -2.44. The van der Waals surface area contributed by atoms with E-state index < -0.39 is 11.8 Å². The fourth-order valence-electron chi connectivity index (χ4n) is 4.23. The Morgan fingerprint density at radius 2 is 1.73 bits per heavy atom. The van der Waals surface area contributed by atoms with Crippen molar-refractivity contribution in [1.82, 2.24) is 14.7 Å². The molecule has 4 rings (SSSR count). The van der Waals surface area contributed by atoms with Crippen molar-refractivity contribution in [3.8, 4) is 34.5 Å². The number of para-hydroxylation sites is 1. The van der Waals surface area contributed by atoms with E-state index >= 15 is 0 Å². The monoisotopic (exact) mass is 496 g/mol. The standard InChI is InChI=1S/C29H28N4O4/c1-18(2)16-32-28(34)23(19(3)24(15-30)29(32)35)13-21-17-33(22-9-7-6-8-10-22)31-27(21)20-11-12-25(36-4)26(14-20)37-5/h6-14,17-18H,16H2,1-5H3/b23-13+. The molecule has 0 saturated carbocycles. The average Bonchev–Trinajstić information content (AvgIpc) is 3.33. The van der Waals surface area contributed by atoms with E-state index in [0.717, 1.165) is 16.2 Å². The van der Waals surface area contributed by atoms with Crippen molar-refractivity contribution in [3.05, 3.63) is 77.0 Å². The summed E-state index contributed by atoms with van der Waals surface area (Å²) in [6, 6.07) is 17.1. The summed E-state index contributed by atoms with van der Waals surface area (Å²) >= 11 is 0. The van der Waals surface area contributed by atoms with Crippen LogP contribution in [0.5, 0.6) is 11.5 Å². The summed E-state index contributed by atoms with van der Waals surface area (Å²) in [6.07, 6.45) is 3.53. The molecule has 8 heteroatoms. The Morgan fingerprint density at radius 1 is 1.03 bits per heavy atom. The van der Waals surface area contributed by atoms with Crippen LogP contribution in [0.25, 0.3) is 23.0 Å². The van der Waals surface area contributed by atoms with Gasteiger partial charge in [0.05, 0.1) is 19.9 Å². The van der Waals surface area contributed by atoms with E-state index in [0.29, 0.717) is 28.3 Å². The van der Waals surface area contributed by atoms with Crippen molar-refractivity contribution in [3.63, 3.8) is 0 Å². The molecule has 0 saturated heterocycles. The third kappa shape index (κ3) is 4.89. The van der Waals surface area contributed by atoms with Gasteiger partial charge >= 0.3 is 0 Å². The van der Waals surface area contributed by atoms with Crippen LogP contribution in [-0.2, 0) is 9.59 Å². The maximum Gasteiger partial charge on any atom is 0.271 e. The molecule has 1 aromatic heterocycles. The Balaban J connectivity index is 1.93. The van der Waals surface area contributed by atoms with Gasteiger partial charge in [-0.2, -0.15) is 10.4 Å². The number of carbonyl (C=O) groups is 2. The van der Waals surface area contributed by atoms with E-state index in [2.05, 4.69) is 0 Å². The van der Waals surface area contributed by atoms with Crippen molar-refractivity contribution in [2.75, 3.05) is 20.8 Å². The van der Waals surface area contributed by atoms with Crippen LogP contribution in [0.15, 0.2) is 71.4 Å². The highest BCUT2D eigenvalue weighted by Gasteiger charge is 2.36. The highest BCUT2D eigenvalue weighted by molar-refractivity contribution is 6.19. The molecule has 1 aliphatic heterocycles. The van der Waals surface area contributed by atoms with Gasteiger partial charge in [0.1, 0.15) is 17.3 Å². The zero-order valence-corrected chi connectivity index (χ0v) is 21.5. The molecule has 1 aliphatic rings. The summed E-state index contributed by atoms with van der Waals surface area (Å²) in [5, 5.41) is 14.5. The molecule has 2 aromatic carbocycles. The Kier molecular flexibility index (Phi) is 7.25. The van der Waals surface area contributed by atoms with Crippen molar-refractivity contribution in [1.29, 1.82) is 5.26 Å². The number of hydrogen-bond acceptors (Lipinski definition) is 6. The van der Waals surface area contributed by atoms with Crippen LogP contribution in [-0.4, -0.2) is 47.3 Å². The summed E-state index contributed by atoms with van der Waals surface area (Å²) < 4.78 is 12.6. The highest BCUT2D eigenvalue weighted by atomic mass is 16.5. The molecule has 0 aliphatic carbocycles. The second kappa shape index (κ2) is 10.5. The molecule has 188 valence electrons. The van der Waals surface area contributed by atoms with E-state index in [-0.39, 0.29) is 23.6 Å². The SMILES string of the molecule is COc1ccc(-c2nn(-c3ccccc3)cc2/C=C2/C(=O)N(CC(C)C)C(=O)C(C#N)=C2C)cc1OC. The number of carbonyl (C=O) groups excluding carboxylic acids is 2. The van der Waals surface area contributed by atoms with Crippen molar-refractivity contribution in [2.24, 2.45) is 5.92 Å². The Morgan fingerprint density at radius 3 is 2.35 bits per heavy atom. The molecule has 0 spiro atoms. The van der Waals surface area contributed by atoms with Crippen LogP contribution in [0.2, 0.25) is 0 Å². The van der Waals surface area contributed by atoms with Crippen LogP contribution in [0.1, 0.15) is 26.3 Å². The molecule has 8 nitrogen and oxygen atoms in total. The molecule has 0 atom stereocenters. The van der Waals surface area contributed by atoms with Gasteiger partial charge < -0.3 is 9.47 Å². The highest BCUT2D eigenvalue weighted by Crippen LogP contribution is 2.35. The number of aromatic nitrogens is 2. The van der Waals surface area contributed by atoms with Gasteiger partial charge in [-0.25, -0.2) is 4.68 Å². The zero-order valence-electron chi connectivity index (χ0n) is 21.5. The molecular weight excluding hydrogens is 468 g/mol. The fourth-order valence-corrected chi connectivity index (χ4v) is 4.23. The molecule has 0 fully saturated rings. The van der Waals surface area contributed by atoms with Crippen molar-refractivity contribution >= 4 is 17.9 Å². The second-order valence-corrected chi connectivity index (χ2v) is 9.07. The van der Waals surface area contributed by atoms with Crippen molar-refractivity contribution < 1.29 is 19.1 Å². The minimum absolute atomic E-state index is 0.0328. The summed E-state index contributed by atoms with van der Waals surface area (Å²) in [4.78, 5) is 27.5. The number of amides is 2. The smallest absolute Gasteiger partial charge is 0.271 e. The number of benzene rings is 2. The molecule has 3 aromatic rings. The number of nitrogens with zero attached hydrogens (tertiary/aromatic N) is 4. The first-order chi connectivity index (χ1) is 17.8. The lowest BCUT2D eigenvalue weighted by atomic mass is 9.92. The van der Waals surface area contributed by atoms with Crippen LogP contribution in [0.3, 0.4) is 0 Å². The number of nitriles is 1. The van der Waals surface area contributed by atoms with Gasteiger partial charge in [-0.3, -0.25) is 14.5 Å². The number of rotatable bonds is 7. The second-order valence-electron chi connectivity index (χ2n) is 9.07. The average molecular weight is 497 g/mol. The van der Waals surface area contributed by atoms with Crippen LogP contribution in [0.4, 0.5) is 0 Å². The van der Waals surface area contributed by atoms with Gasteiger partial charge in [-0.15, -0.1) is 0 Å². The van der Waals surface area contributed by atoms with Crippen LogP contribution in [0, 0.1) is 17.2 Å². The topological polar surface area (TPSA) is 97.5 Å². The van der Waals surface area contributed by atoms with Gasteiger partial charge in [0.2, 0.25) is 0 Å². The van der Waals surface area contributed by atoms with Gasteiger partial charge in [0.15, 0.2) is 11.5 Å². The Bertz CT molecular complexity index is 1460. The van der Waals surface area contributed by atoms with Crippen molar-refractivity contribution in [2.45, 2.75) is 20.8 Å². The first-order valence-corrected chi connectivity index (χ1v) is 11.9. The quantitative estimate of drug-likeness (QED) is 0.344. The molecular formula is C29H28N4O4. The zero-order chi connectivity index (χ0) is 26.7. The molecule has 0 bridgehead atoms. The lowest BCUT2D eigenvalue weighted by molar-refractivity contribution is -0.141. The first kappa shape index (κ1) is 25.5. The predicted molar refractivity (Wildman–Crippen MR) is 140 cm³/mol. The van der Waals surface area contributed by atoms with E-state index in [9.17, 15) is 14.9 Å². The molecule has 0 N–H and O–H groups in total. The van der Waals surface area contributed by atoms with E-state index in [1.165, 1.54) is 0 Å². The maximum atomic E-state index is 13.5. The maximum absolute atomic E-state index is 13.5. The third-order valence-electron chi connectivity index (χ3n) is 6.09. The number of imide groups is 1. The number of ether oxygens (including phenoxy) is 2. The van der Waals surface area contributed by atoms with Gasteiger partial charge in [-0.1, -0.05) is 32.0 Å². The summed E-state index contributed by atoms with van der Waals surface area (Å²) in [5.74, 6) is 0.182. The number of methoxy groups -OCH3 is 2. The van der Waals surface area contributed by atoms with Gasteiger partial charge in [0, 0.05) is 29.4 Å². The first-order valence-electron chi connectivity index (χ1n) is 11.9. The van der Waals surface area contributed by atoms with Crippen LogP contribution >= 0.6 is 0 Å². The molecule has 2 heterocycles. The van der Waals surface area contributed by atoms with E-state index in [4.69, 9.17) is 14.6 Å². The Labute approximate surface area is 216 Å². The third-order valence-corrected chi connectivity index (χ3v) is 6.09. The summed E-state index contributed by atoms with van der Waals surface area (Å²) in [6.45, 7) is 5.68. The normalized spacial score (nSPS) is 14.9. The largest absolute Gasteiger partial charge is 0.493 e. The lowest BCUT2D eigenvalue weighted by Gasteiger charge is -2.28. The van der Waals surface area contributed by atoms with Gasteiger partial charge in [0.25, 0.3) is 11.8 Å². The molecule has 37 heavy (non-hydrogen) atoms. The number of hydrogen-bond donors (Lipinski definition) is 0. The van der Waals surface area contributed by atoms with Crippen LogP contribution < -0.4 is 9.47 Å². The van der Waals surface area contributed by atoms with E-state index in [1.54, 1.807) is 38.0 Å². The predicted octanol–water partition coefficient (Wildman–Crippen LogP) is 4.80. The molecule has 0 radical (unpaired) electrons. The molecule has 2 amide bonds. The summed E-state index contributed by atoms with van der Waals surface area (Å²) in [7, 11) is 3.13. The van der Waals surface area contributed by atoms with E-state index in [1.807, 2.05) is 68.6 Å². The molecule has 0 unspecified atom stereocenters. The minimum Gasteiger partial charge on any atom is -0.493 e. The fraction of sp³-hybridized carbons (Fsp3) is 0.241. The minimum atomic E-state index is -0.559. The Hall–Kier alpha value is -4.64. The van der Waals surface area contributed by atoms with Gasteiger partial charge in [-0.05, 0) is 54.8 Å². The summed E-state index contributed by atoms with van der Waals surface area (Å²) in [5.41, 5.74) is 3.44.